The Morgan fingerprint density at radius 2 is 2.06 bits per heavy atom. The standard InChI is InChI=1S/C13H21BrClNS/c1-8(13(2,3)4)6-10(16-5)11-7-9(14)12(15)17-11/h7-8,10,16H,6H2,1-5H3. The smallest absolute Gasteiger partial charge is 0.107 e. The molecule has 1 aromatic heterocycles. The largest absolute Gasteiger partial charge is 0.312 e. The van der Waals surface area contributed by atoms with Crippen LogP contribution in [-0.4, -0.2) is 7.05 Å². The van der Waals surface area contributed by atoms with Gasteiger partial charge in [-0.05, 0) is 46.8 Å². The van der Waals surface area contributed by atoms with Crippen LogP contribution >= 0.6 is 38.9 Å². The van der Waals surface area contributed by atoms with Crippen molar-refractivity contribution in [3.05, 3.63) is 19.8 Å². The first-order valence-electron chi connectivity index (χ1n) is 5.87. The third kappa shape index (κ3) is 4.23. The van der Waals surface area contributed by atoms with Crippen molar-refractivity contribution in [2.75, 3.05) is 7.05 Å². The number of hydrogen-bond acceptors (Lipinski definition) is 2. The highest BCUT2D eigenvalue weighted by molar-refractivity contribution is 9.10. The van der Waals surface area contributed by atoms with E-state index in [1.54, 1.807) is 11.3 Å². The summed E-state index contributed by atoms with van der Waals surface area (Å²) in [7, 11) is 2.02. The van der Waals surface area contributed by atoms with Crippen molar-refractivity contribution in [2.24, 2.45) is 11.3 Å². The van der Waals surface area contributed by atoms with Crippen molar-refractivity contribution in [2.45, 2.75) is 40.2 Å². The summed E-state index contributed by atoms with van der Waals surface area (Å²) in [6, 6.07) is 2.52. The lowest BCUT2D eigenvalue weighted by Crippen LogP contribution is -2.24. The molecule has 17 heavy (non-hydrogen) atoms. The van der Waals surface area contributed by atoms with E-state index in [0.717, 1.165) is 15.2 Å². The van der Waals surface area contributed by atoms with Crippen LogP contribution in [0.15, 0.2) is 10.5 Å². The van der Waals surface area contributed by atoms with E-state index in [0.29, 0.717) is 17.4 Å². The van der Waals surface area contributed by atoms with Crippen LogP contribution in [0, 0.1) is 11.3 Å². The monoisotopic (exact) mass is 337 g/mol. The summed E-state index contributed by atoms with van der Waals surface area (Å²) >= 11 is 11.2. The maximum Gasteiger partial charge on any atom is 0.107 e. The molecule has 0 aliphatic carbocycles. The Balaban J connectivity index is 2.79. The molecule has 1 N–H and O–H groups in total. The van der Waals surface area contributed by atoms with Gasteiger partial charge in [-0.1, -0.05) is 39.3 Å². The van der Waals surface area contributed by atoms with Crippen LogP contribution in [0.1, 0.15) is 45.0 Å². The minimum absolute atomic E-state index is 0.341. The van der Waals surface area contributed by atoms with Crippen molar-refractivity contribution >= 4 is 38.9 Å². The molecule has 0 aromatic carbocycles. The lowest BCUT2D eigenvalue weighted by atomic mass is 9.78. The summed E-state index contributed by atoms with van der Waals surface area (Å²) in [5.41, 5.74) is 0.341. The van der Waals surface area contributed by atoms with Gasteiger partial charge in [0.05, 0.1) is 0 Å². The third-order valence-corrected chi connectivity index (χ3v) is 6.01. The van der Waals surface area contributed by atoms with Gasteiger partial charge in [0.15, 0.2) is 0 Å². The Morgan fingerprint density at radius 1 is 1.47 bits per heavy atom. The molecule has 2 atom stereocenters. The zero-order valence-corrected chi connectivity index (χ0v) is 14.3. The van der Waals surface area contributed by atoms with Gasteiger partial charge in [0.2, 0.25) is 0 Å². The van der Waals surface area contributed by atoms with E-state index >= 15 is 0 Å². The predicted molar refractivity (Wildman–Crippen MR) is 82.1 cm³/mol. The van der Waals surface area contributed by atoms with Crippen LogP contribution < -0.4 is 5.32 Å². The van der Waals surface area contributed by atoms with Crippen LogP contribution in [-0.2, 0) is 0 Å². The van der Waals surface area contributed by atoms with Crippen molar-refractivity contribution in [1.29, 1.82) is 0 Å². The lowest BCUT2D eigenvalue weighted by Gasteiger charge is -2.30. The Hall–Kier alpha value is 0.430. The molecule has 0 amide bonds. The molecule has 98 valence electrons. The molecule has 0 fully saturated rings. The van der Waals surface area contributed by atoms with Gasteiger partial charge in [-0.15, -0.1) is 11.3 Å². The number of rotatable bonds is 4. The van der Waals surface area contributed by atoms with E-state index in [9.17, 15) is 0 Å². The molecule has 0 radical (unpaired) electrons. The Labute approximate surface area is 122 Å². The summed E-state index contributed by atoms with van der Waals surface area (Å²) in [6.45, 7) is 9.19. The van der Waals surface area contributed by atoms with Crippen molar-refractivity contribution < 1.29 is 0 Å². The second-order valence-corrected chi connectivity index (χ2v) is 8.15. The second kappa shape index (κ2) is 6.05. The number of nitrogens with one attached hydrogen (secondary N) is 1. The van der Waals surface area contributed by atoms with Crippen molar-refractivity contribution in [3.63, 3.8) is 0 Å². The highest BCUT2D eigenvalue weighted by Gasteiger charge is 2.24. The van der Waals surface area contributed by atoms with Crippen LogP contribution in [0.3, 0.4) is 0 Å². The molecule has 1 rings (SSSR count). The van der Waals surface area contributed by atoms with E-state index < -0.39 is 0 Å². The van der Waals surface area contributed by atoms with E-state index in [1.165, 1.54) is 4.88 Å². The third-order valence-electron chi connectivity index (χ3n) is 3.42. The number of halogens is 2. The summed E-state index contributed by atoms with van der Waals surface area (Å²) in [6.07, 6.45) is 1.13. The van der Waals surface area contributed by atoms with E-state index in [-0.39, 0.29) is 0 Å². The first-order chi connectivity index (χ1) is 7.75. The van der Waals surface area contributed by atoms with Crippen LogP contribution in [0.25, 0.3) is 0 Å². The molecule has 0 bridgehead atoms. The minimum atomic E-state index is 0.341. The molecule has 1 nitrogen and oxygen atoms in total. The first-order valence-corrected chi connectivity index (χ1v) is 7.86. The van der Waals surface area contributed by atoms with Crippen LogP contribution in [0.5, 0.6) is 0 Å². The molecule has 0 aliphatic heterocycles. The van der Waals surface area contributed by atoms with Gasteiger partial charge < -0.3 is 5.32 Å². The summed E-state index contributed by atoms with van der Waals surface area (Å²) in [5, 5.41) is 3.39. The van der Waals surface area contributed by atoms with E-state index in [4.69, 9.17) is 11.6 Å². The predicted octanol–water partition coefficient (Wildman–Crippen LogP) is 5.50. The van der Waals surface area contributed by atoms with Crippen LogP contribution in [0.4, 0.5) is 0 Å². The number of hydrogen-bond donors (Lipinski definition) is 1. The Bertz CT molecular complexity index is 350. The zero-order chi connectivity index (χ0) is 13.2. The summed E-state index contributed by atoms with van der Waals surface area (Å²) < 4.78 is 1.84. The minimum Gasteiger partial charge on any atom is -0.312 e. The van der Waals surface area contributed by atoms with E-state index in [1.807, 2.05) is 7.05 Å². The van der Waals surface area contributed by atoms with Crippen molar-refractivity contribution in [1.82, 2.24) is 5.32 Å². The maximum atomic E-state index is 6.10. The zero-order valence-electron chi connectivity index (χ0n) is 11.1. The summed E-state index contributed by atoms with van der Waals surface area (Å²) in [5.74, 6) is 0.652. The molecular formula is C13H21BrClNS. The average molecular weight is 339 g/mol. The number of thiophene rings is 1. The highest BCUT2D eigenvalue weighted by Crippen LogP contribution is 2.39. The van der Waals surface area contributed by atoms with Gasteiger partial charge in [0, 0.05) is 15.4 Å². The first kappa shape index (κ1) is 15.5. The molecule has 0 saturated heterocycles. The molecule has 0 aliphatic rings. The molecule has 1 heterocycles. The Morgan fingerprint density at radius 3 is 2.41 bits per heavy atom. The van der Waals surface area contributed by atoms with Gasteiger partial charge in [0.1, 0.15) is 4.34 Å². The normalized spacial score (nSPS) is 15.9. The van der Waals surface area contributed by atoms with Gasteiger partial charge in [0.25, 0.3) is 0 Å². The molecule has 2 unspecified atom stereocenters. The van der Waals surface area contributed by atoms with Crippen molar-refractivity contribution in [3.8, 4) is 0 Å². The van der Waals surface area contributed by atoms with Gasteiger partial charge in [-0.25, -0.2) is 0 Å². The SMILES string of the molecule is CNC(CC(C)C(C)(C)C)c1cc(Br)c(Cl)s1. The van der Waals surface area contributed by atoms with Crippen LogP contribution in [0.2, 0.25) is 4.34 Å². The molecular weight excluding hydrogens is 318 g/mol. The fourth-order valence-corrected chi connectivity index (χ4v) is 3.48. The van der Waals surface area contributed by atoms with Gasteiger partial charge in [-0.3, -0.25) is 0 Å². The second-order valence-electron chi connectivity index (χ2n) is 5.61. The topological polar surface area (TPSA) is 12.0 Å². The fourth-order valence-electron chi connectivity index (χ4n) is 1.62. The van der Waals surface area contributed by atoms with E-state index in [2.05, 4.69) is 55.0 Å². The lowest BCUT2D eigenvalue weighted by molar-refractivity contribution is 0.227. The van der Waals surface area contributed by atoms with Gasteiger partial charge >= 0.3 is 0 Å². The highest BCUT2D eigenvalue weighted by atomic mass is 79.9. The molecule has 4 heteroatoms. The summed E-state index contributed by atoms with van der Waals surface area (Å²) in [4.78, 5) is 1.31. The molecule has 1 aromatic rings. The fraction of sp³-hybridized carbons (Fsp3) is 0.692. The maximum absolute atomic E-state index is 6.10. The molecule has 0 saturated carbocycles. The quantitative estimate of drug-likeness (QED) is 0.764. The Kier molecular flexibility index (Phi) is 5.51. The van der Waals surface area contributed by atoms with Gasteiger partial charge in [-0.2, -0.15) is 0 Å². The average Bonchev–Trinajstić information content (AvgIpc) is 2.53. The molecule has 0 spiro atoms.